The maximum atomic E-state index is 13.0. The lowest BCUT2D eigenvalue weighted by Crippen LogP contribution is -2.44. The van der Waals surface area contributed by atoms with Gasteiger partial charge in [0.1, 0.15) is 13.2 Å². The summed E-state index contributed by atoms with van der Waals surface area (Å²) in [5.41, 5.74) is 0. The standard InChI is InChI=1S/C88H167NO8/c1-6-8-10-12-14-16-18-20-22-24-26-28-30-32-34-36-38-40-42-43-45-47-49-51-53-55-57-59-61-63-65-67-69-71-73-75-77-79-86(91)97-84(83-96-88(87(92)93)94-81-80-89(3,4)5)82-95-85(90)78-76-74-72-70-68-66-64-62-60-58-56-54-52-50-48-46-44-41-39-37-35-33-31-29-27-25-23-21-19-17-15-13-11-9-7-2/h18,20,24,26,30,32,84,88H,6-17,19,21-23,25,27-29,31,33-83H2,1-5H3/b20-18-,26-24-,32-30-. The van der Waals surface area contributed by atoms with Crippen LogP contribution in [0.5, 0.6) is 0 Å². The molecule has 0 spiro atoms. The molecule has 0 fully saturated rings. The third kappa shape index (κ3) is 80.7. The van der Waals surface area contributed by atoms with Gasteiger partial charge in [-0.15, -0.1) is 0 Å². The number of carbonyl (C=O) groups excluding carboxylic acids is 3. The van der Waals surface area contributed by atoms with Gasteiger partial charge in [-0.25, -0.2) is 0 Å². The minimum absolute atomic E-state index is 0.152. The van der Waals surface area contributed by atoms with Crippen LogP contribution in [0.25, 0.3) is 0 Å². The minimum atomic E-state index is -1.62. The highest BCUT2D eigenvalue weighted by molar-refractivity contribution is 5.70. The van der Waals surface area contributed by atoms with E-state index in [1.165, 1.54) is 372 Å². The molecule has 0 aromatic carbocycles. The molecule has 0 aliphatic rings. The molecule has 0 heterocycles. The van der Waals surface area contributed by atoms with Crippen LogP contribution in [0.15, 0.2) is 36.5 Å². The average molecular weight is 1370 g/mol. The summed E-state index contributed by atoms with van der Waals surface area (Å²) in [5.74, 6) is -2.24. The third-order valence-electron chi connectivity index (χ3n) is 19.9. The molecule has 9 heteroatoms. The number of unbranched alkanes of at least 4 members (excludes halogenated alkanes) is 61. The Bertz CT molecular complexity index is 1690. The zero-order valence-corrected chi connectivity index (χ0v) is 65.7. The van der Waals surface area contributed by atoms with Crippen LogP contribution in [0, 0.1) is 0 Å². The van der Waals surface area contributed by atoms with Gasteiger partial charge in [-0.05, 0) is 51.4 Å². The zero-order chi connectivity index (χ0) is 70.4. The van der Waals surface area contributed by atoms with Crippen LogP contribution in [0.2, 0.25) is 0 Å². The maximum Gasteiger partial charge on any atom is 0.306 e. The number of carbonyl (C=O) groups is 3. The normalized spacial score (nSPS) is 12.7. The Hall–Kier alpha value is -2.49. The molecular weight excluding hydrogens is 1200 g/mol. The van der Waals surface area contributed by atoms with E-state index in [-0.39, 0.29) is 32.2 Å². The first-order chi connectivity index (χ1) is 47.6. The zero-order valence-electron chi connectivity index (χ0n) is 65.7. The Morgan fingerprint density at radius 1 is 0.309 bits per heavy atom. The van der Waals surface area contributed by atoms with Crippen molar-refractivity contribution in [2.45, 2.75) is 463 Å². The van der Waals surface area contributed by atoms with Crippen LogP contribution in [-0.4, -0.2) is 82.3 Å². The molecule has 0 aromatic rings. The Labute approximate surface area is 604 Å². The molecule has 0 aliphatic heterocycles. The second-order valence-electron chi connectivity index (χ2n) is 30.8. The van der Waals surface area contributed by atoms with E-state index in [0.717, 1.165) is 51.4 Å². The highest BCUT2D eigenvalue weighted by atomic mass is 16.7. The van der Waals surface area contributed by atoms with Crippen molar-refractivity contribution in [3.05, 3.63) is 36.5 Å². The summed E-state index contributed by atoms with van der Waals surface area (Å²) in [6, 6.07) is 0. The fraction of sp³-hybridized carbons (Fsp3) is 0.898. The first-order valence-electron chi connectivity index (χ1n) is 43.1. The number of hydrogen-bond acceptors (Lipinski definition) is 8. The topological polar surface area (TPSA) is 111 Å². The molecule has 9 nitrogen and oxygen atoms in total. The number of rotatable bonds is 82. The van der Waals surface area contributed by atoms with Gasteiger partial charge in [-0.1, -0.05) is 423 Å². The van der Waals surface area contributed by atoms with Gasteiger partial charge in [-0.3, -0.25) is 9.59 Å². The average Bonchev–Trinajstić information content (AvgIpc) is 3.11. The smallest absolute Gasteiger partial charge is 0.306 e. The van der Waals surface area contributed by atoms with E-state index >= 15 is 0 Å². The fourth-order valence-electron chi connectivity index (χ4n) is 13.3. The molecule has 0 aromatic heterocycles. The summed E-state index contributed by atoms with van der Waals surface area (Å²) >= 11 is 0. The van der Waals surface area contributed by atoms with Crippen molar-refractivity contribution in [3.63, 3.8) is 0 Å². The molecule has 0 saturated heterocycles. The Kier molecular flexibility index (Phi) is 77.2. The molecule has 572 valence electrons. The summed E-state index contributed by atoms with van der Waals surface area (Å²) in [5, 5.41) is 11.9. The number of nitrogens with zero attached hydrogens (tertiary/aromatic N) is 1. The van der Waals surface area contributed by atoms with Crippen molar-refractivity contribution in [1.82, 2.24) is 0 Å². The number of carboxylic acids is 1. The molecule has 0 radical (unpaired) electrons. The summed E-state index contributed by atoms with van der Waals surface area (Å²) in [4.78, 5) is 37.7. The van der Waals surface area contributed by atoms with E-state index in [0.29, 0.717) is 17.4 Å². The monoisotopic (exact) mass is 1370 g/mol. The molecule has 0 saturated carbocycles. The van der Waals surface area contributed by atoms with E-state index in [2.05, 4.69) is 50.3 Å². The van der Waals surface area contributed by atoms with Gasteiger partial charge >= 0.3 is 11.9 Å². The number of esters is 2. The second-order valence-corrected chi connectivity index (χ2v) is 30.8. The number of allylic oxidation sites excluding steroid dienone is 6. The van der Waals surface area contributed by atoms with Gasteiger partial charge in [0.25, 0.3) is 0 Å². The largest absolute Gasteiger partial charge is 0.545 e. The summed E-state index contributed by atoms with van der Waals surface area (Å²) < 4.78 is 22.9. The predicted octanol–water partition coefficient (Wildman–Crippen LogP) is 26.5. The van der Waals surface area contributed by atoms with Crippen molar-refractivity contribution in [1.29, 1.82) is 0 Å². The van der Waals surface area contributed by atoms with Crippen LogP contribution < -0.4 is 5.11 Å². The first kappa shape index (κ1) is 94.5. The second kappa shape index (κ2) is 79.2. The van der Waals surface area contributed by atoms with E-state index in [1.54, 1.807) is 0 Å². The Balaban J connectivity index is 3.92. The predicted molar refractivity (Wildman–Crippen MR) is 417 cm³/mol. The Morgan fingerprint density at radius 3 is 0.825 bits per heavy atom. The van der Waals surface area contributed by atoms with Gasteiger partial charge in [0.15, 0.2) is 12.4 Å². The van der Waals surface area contributed by atoms with E-state index < -0.39 is 24.3 Å². The van der Waals surface area contributed by atoms with Crippen LogP contribution in [0.4, 0.5) is 0 Å². The van der Waals surface area contributed by atoms with E-state index in [9.17, 15) is 19.5 Å². The molecule has 0 bridgehead atoms. The number of quaternary nitrogens is 1. The molecule has 0 rings (SSSR count). The highest BCUT2D eigenvalue weighted by Gasteiger charge is 2.22. The maximum absolute atomic E-state index is 13.0. The van der Waals surface area contributed by atoms with Crippen molar-refractivity contribution in [3.8, 4) is 0 Å². The molecule has 0 amide bonds. The number of carboxylic acid groups (broad SMARTS) is 1. The van der Waals surface area contributed by atoms with Crippen LogP contribution in [-0.2, 0) is 33.3 Å². The Morgan fingerprint density at radius 2 is 0.557 bits per heavy atom. The molecule has 2 atom stereocenters. The highest BCUT2D eigenvalue weighted by Crippen LogP contribution is 2.21. The summed E-state index contributed by atoms with van der Waals surface area (Å²) in [6.07, 6.45) is 100. The molecule has 0 aliphatic carbocycles. The van der Waals surface area contributed by atoms with Gasteiger partial charge in [-0.2, -0.15) is 0 Å². The van der Waals surface area contributed by atoms with Crippen molar-refractivity contribution in [2.75, 3.05) is 47.5 Å². The lowest BCUT2D eigenvalue weighted by molar-refractivity contribution is -0.870. The van der Waals surface area contributed by atoms with Crippen LogP contribution in [0.1, 0.15) is 450 Å². The number of ether oxygens (including phenoxy) is 4. The molecule has 97 heavy (non-hydrogen) atoms. The quantitative estimate of drug-likeness (QED) is 0.0195. The van der Waals surface area contributed by atoms with Crippen LogP contribution >= 0.6 is 0 Å². The molecule has 2 unspecified atom stereocenters. The van der Waals surface area contributed by atoms with Gasteiger partial charge in [0.2, 0.25) is 0 Å². The van der Waals surface area contributed by atoms with Crippen molar-refractivity contribution in [2.24, 2.45) is 0 Å². The van der Waals surface area contributed by atoms with Crippen LogP contribution in [0.3, 0.4) is 0 Å². The van der Waals surface area contributed by atoms with Crippen molar-refractivity contribution >= 4 is 17.9 Å². The number of likely N-dealkylation sites (N-methyl/N-ethyl adjacent to an activating group) is 1. The fourth-order valence-corrected chi connectivity index (χ4v) is 13.3. The summed E-state index contributed by atoms with van der Waals surface area (Å²) in [7, 11) is 5.96. The van der Waals surface area contributed by atoms with E-state index in [4.69, 9.17) is 18.9 Å². The SMILES string of the molecule is CCCCCCC/C=C\C/C=C\C/C=C\CCCCCCCCCCCCCCCCCCCCCCCCC(=O)OC(COC(=O)CCCCCCCCCCCCCCCCCCCCCCCCCCCCCCCCCCCCC)COC(OCC[N+](C)(C)C)C(=O)[O-]. The van der Waals surface area contributed by atoms with Gasteiger partial charge in [0, 0.05) is 12.8 Å². The van der Waals surface area contributed by atoms with Crippen molar-refractivity contribution < 1.29 is 42.9 Å². The first-order valence-corrected chi connectivity index (χ1v) is 43.1. The third-order valence-corrected chi connectivity index (χ3v) is 19.9. The van der Waals surface area contributed by atoms with E-state index in [1.807, 2.05) is 21.1 Å². The van der Waals surface area contributed by atoms with Gasteiger partial charge < -0.3 is 33.3 Å². The molecular formula is C88H167NO8. The number of aliphatic carboxylic acids is 1. The lowest BCUT2D eigenvalue weighted by Gasteiger charge is -2.26. The molecule has 0 N–H and O–H groups in total. The number of hydrogen-bond donors (Lipinski definition) is 0. The lowest BCUT2D eigenvalue weighted by atomic mass is 10.0. The van der Waals surface area contributed by atoms with Gasteiger partial charge in [0.05, 0.1) is 40.3 Å². The minimum Gasteiger partial charge on any atom is -0.545 e. The summed E-state index contributed by atoms with van der Waals surface area (Å²) in [6.45, 7) is 4.83.